The molecule has 0 radical (unpaired) electrons. The largest absolute Gasteiger partial charge is 0.430 e. The first-order valence-electron chi connectivity index (χ1n) is 5.08. The number of aryl methyl sites for hydroxylation is 1. The molecule has 0 aliphatic heterocycles. The second-order valence-corrected chi connectivity index (χ2v) is 3.92. The van der Waals surface area contributed by atoms with Gasteiger partial charge in [-0.3, -0.25) is 10.1 Å². The van der Waals surface area contributed by atoms with Crippen LogP contribution in [-0.2, 0) is 0 Å². The van der Waals surface area contributed by atoms with Crippen molar-refractivity contribution in [3.8, 4) is 11.6 Å². The van der Waals surface area contributed by atoms with Crippen LogP contribution in [0.2, 0.25) is 5.15 Å². The molecule has 2 rings (SSSR count). The van der Waals surface area contributed by atoms with Crippen molar-refractivity contribution >= 4 is 17.3 Å². The van der Waals surface area contributed by atoms with Gasteiger partial charge in [0.05, 0.1) is 4.92 Å². The number of benzene rings is 1. The molecule has 0 saturated heterocycles. The molecule has 19 heavy (non-hydrogen) atoms. The second-order valence-electron chi connectivity index (χ2n) is 3.56. The SMILES string of the molecule is Cc1cccc(Oc2ncnc(Cl)c2[N+](=O)[O-])c1F. The van der Waals surface area contributed by atoms with E-state index in [0.29, 0.717) is 5.56 Å². The predicted molar refractivity (Wildman–Crippen MR) is 64.9 cm³/mol. The molecule has 0 aliphatic carbocycles. The molecule has 6 nitrogen and oxygen atoms in total. The molecule has 0 N–H and O–H groups in total. The van der Waals surface area contributed by atoms with Crippen LogP contribution in [0.15, 0.2) is 24.5 Å². The average molecular weight is 284 g/mol. The minimum absolute atomic E-state index is 0.169. The van der Waals surface area contributed by atoms with Crippen molar-refractivity contribution in [3.05, 3.63) is 51.2 Å². The first-order chi connectivity index (χ1) is 9.00. The molecule has 1 aromatic carbocycles. The van der Waals surface area contributed by atoms with E-state index in [1.54, 1.807) is 19.1 Å². The summed E-state index contributed by atoms with van der Waals surface area (Å²) in [5.74, 6) is -1.20. The van der Waals surface area contributed by atoms with Gasteiger partial charge in [-0.05, 0) is 18.6 Å². The Labute approximate surface area is 112 Å². The maximum absolute atomic E-state index is 13.7. The Morgan fingerprint density at radius 2 is 2.16 bits per heavy atom. The number of hydrogen-bond acceptors (Lipinski definition) is 5. The molecule has 0 spiro atoms. The zero-order valence-electron chi connectivity index (χ0n) is 9.63. The monoisotopic (exact) mass is 283 g/mol. The Morgan fingerprint density at radius 1 is 1.42 bits per heavy atom. The van der Waals surface area contributed by atoms with Crippen LogP contribution in [0.4, 0.5) is 10.1 Å². The molecule has 1 aromatic heterocycles. The fourth-order valence-electron chi connectivity index (χ4n) is 1.37. The lowest BCUT2D eigenvalue weighted by molar-refractivity contribution is -0.386. The smallest absolute Gasteiger partial charge is 0.368 e. The van der Waals surface area contributed by atoms with Gasteiger partial charge < -0.3 is 4.74 Å². The number of ether oxygens (including phenoxy) is 1. The van der Waals surface area contributed by atoms with Crippen LogP contribution in [0, 0.1) is 22.9 Å². The van der Waals surface area contributed by atoms with Gasteiger partial charge in [-0.15, -0.1) is 0 Å². The fourth-order valence-corrected chi connectivity index (χ4v) is 1.57. The quantitative estimate of drug-likeness (QED) is 0.491. The minimum atomic E-state index is -0.786. The number of rotatable bonds is 3. The molecule has 0 saturated carbocycles. The van der Waals surface area contributed by atoms with Gasteiger partial charge in [-0.2, -0.15) is 4.98 Å². The maximum Gasteiger partial charge on any atom is 0.368 e. The van der Waals surface area contributed by atoms with Crippen molar-refractivity contribution in [3.63, 3.8) is 0 Å². The Hall–Kier alpha value is -2.28. The van der Waals surface area contributed by atoms with E-state index in [1.807, 2.05) is 0 Å². The van der Waals surface area contributed by atoms with Gasteiger partial charge in [0, 0.05) is 0 Å². The third kappa shape index (κ3) is 2.60. The Bertz CT molecular complexity index is 651. The normalized spacial score (nSPS) is 10.3. The molecule has 2 aromatic rings. The lowest BCUT2D eigenvalue weighted by Gasteiger charge is -2.07. The number of nitrogens with zero attached hydrogens (tertiary/aromatic N) is 3. The zero-order valence-corrected chi connectivity index (χ0v) is 10.4. The average Bonchev–Trinajstić information content (AvgIpc) is 2.34. The summed E-state index contributed by atoms with van der Waals surface area (Å²) in [6.45, 7) is 1.55. The number of nitro groups is 1. The van der Waals surface area contributed by atoms with Gasteiger partial charge in [-0.1, -0.05) is 23.7 Å². The van der Waals surface area contributed by atoms with Crippen molar-refractivity contribution in [2.75, 3.05) is 0 Å². The standard InChI is InChI=1S/C11H7ClFN3O3/c1-6-3-2-4-7(8(6)13)19-11-9(16(17)18)10(12)14-5-15-11/h2-5H,1H3. The Balaban J connectivity index is 2.47. The third-order valence-corrected chi connectivity index (χ3v) is 2.57. The van der Waals surface area contributed by atoms with Crippen molar-refractivity contribution in [1.82, 2.24) is 9.97 Å². The van der Waals surface area contributed by atoms with Crippen molar-refractivity contribution in [2.45, 2.75) is 6.92 Å². The summed E-state index contributed by atoms with van der Waals surface area (Å²) in [6.07, 6.45) is 0.998. The van der Waals surface area contributed by atoms with E-state index in [-0.39, 0.29) is 10.9 Å². The van der Waals surface area contributed by atoms with E-state index in [1.165, 1.54) is 6.07 Å². The highest BCUT2D eigenvalue weighted by atomic mass is 35.5. The van der Waals surface area contributed by atoms with E-state index in [4.69, 9.17) is 16.3 Å². The summed E-state index contributed by atoms with van der Waals surface area (Å²) in [7, 11) is 0. The van der Waals surface area contributed by atoms with E-state index in [0.717, 1.165) is 6.33 Å². The number of halogens is 2. The van der Waals surface area contributed by atoms with Gasteiger partial charge >= 0.3 is 11.6 Å². The highest BCUT2D eigenvalue weighted by Gasteiger charge is 2.24. The zero-order chi connectivity index (χ0) is 14.0. The fraction of sp³-hybridized carbons (Fsp3) is 0.0909. The molecule has 0 bridgehead atoms. The lowest BCUT2D eigenvalue weighted by Crippen LogP contribution is -1.99. The molecule has 8 heteroatoms. The van der Waals surface area contributed by atoms with Crippen LogP contribution in [0.3, 0.4) is 0 Å². The highest BCUT2D eigenvalue weighted by molar-refractivity contribution is 6.31. The van der Waals surface area contributed by atoms with Crippen molar-refractivity contribution in [1.29, 1.82) is 0 Å². The molecule has 0 atom stereocenters. The molecule has 1 heterocycles. The topological polar surface area (TPSA) is 78.2 Å². The first kappa shape index (κ1) is 13.2. The highest BCUT2D eigenvalue weighted by Crippen LogP contribution is 2.34. The molecule has 0 fully saturated rings. The summed E-state index contributed by atoms with van der Waals surface area (Å²) in [5.41, 5.74) is -0.259. The van der Waals surface area contributed by atoms with Gasteiger partial charge in [0.1, 0.15) is 6.33 Å². The van der Waals surface area contributed by atoms with E-state index in [9.17, 15) is 14.5 Å². The summed E-state index contributed by atoms with van der Waals surface area (Å²) >= 11 is 5.60. The van der Waals surface area contributed by atoms with Crippen LogP contribution in [0.5, 0.6) is 11.6 Å². The van der Waals surface area contributed by atoms with Gasteiger partial charge in [0.2, 0.25) is 5.15 Å². The summed E-state index contributed by atoms with van der Waals surface area (Å²) < 4.78 is 18.9. The van der Waals surface area contributed by atoms with Crippen molar-refractivity contribution in [2.24, 2.45) is 0 Å². The van der Waals surface area contributed by atoms with E-state index in [2.05, 4.69) is 9.97 Å². The summed E-state index contributed by atoms with van der Waals surface area (Å²) in [6, 6.07) is 4.44. The Morgan fingerprint density at radius 3 is 2.84 bits per heavy atom. The third-order valence-electron chi connectivity index (χ3n) is 2.29. The van der Waals surface area contributed by atoms with Crippen LogP contribution >= 0.6 is 11.6 Å². The first-order valence-corrected chi connectivity index (χ1v) is 5.46. The lowest BCUT2D eigenvalue weighted by atomic mass is 10.2. The molecule has 0 aliphatic rings. The van der Waals surface area contributed by atoms with Crippen LogP contribution in [-0.4, -0.2) is 14.9 Å². The minimum Gasteiger partial charge on any atom is -0.430 e. The van der Waals surface area contributed by atoms with Gasteiger partial charge in [-0.25, -0.2) is 9.37 Å². The van der Waals surface area contributed by atoms with Crippen LogP contribution in [0.1, 0.15) is 5.56 Å². The van der Waals surface area contributed by atoms with Crippen LogP contribution in [0.25, 0.3) is 0 Å². The summed E-state index contributed by atoms with van der Waals surface area (Å²) in [4.78, 5) is 17.1. The molecular formula is C11H7ClFN3O3. The molecule has 0 unspecified atom stereocenters. The predicted octanol–water partition coefficient (Wildman–Crippen LogP) is 3.28. The van der Waals surface area contributed by atoms with Crippen LogP contribution < -0.4 is 4.74 Å². The van der Waals surface area contributed by atoms with Gasteiger partial charge in [0.25, 0.3) is 0 Å². The Kier molecular flexibility index (Phi) is 3.57. The second kappa shape index (κ2) is 5.15. The number of hydrogen-bond donors (Lipinski definition) is 0. The summed E-state index contributed by atoms with van der Waals surface area (Å²) in [5, 5.41) is 10.5. The van der Waals surface area contributed by atoms with Crippen molar-refractivity contribution < 1.29 is 14.1 Å². The van der Waals surface area contributed by atoms with E-state index >= 15 is 0 Å². The molecule has 98 valence electrons. The molecule has 0 amide bonds. The molecular weight excluding hydrogens is 277 g/mol. The maximum atomic E-state index is 13.7. The van der Waals surface area contributed by atoms with Gasteiger partial charge in [0.15, 0.2) is 11.6 Å². The van der Waals surface area contributed by atoms with E-state index < -0.39 is 22.3 Å². The number of aromatic nitrogens is 2.